The summed E-state index contributed by atoms with van der Waals surface area (Å²) in [5.74, 6) is 5.63. The van der Waals surface area contributed by atoms with Crippen LogP contribution >= 0.6 is 11.8 Å². The van der Waals surface area contributed by atoms with E-state index in [1.54, 1.807) is 11.8 Å². The lowest BCUT2D eigenvalue weighted by Crippen LogP contribution is -2.39. The Balaban J connectivity index is 1.56. The zero-order chi connectivity index (χ0) is 13.9. The molecular weight excluding hydrogens is 276 g/mol. The van der Waals surface area contributed by atoms with Crippen LogP contribution in [0, 0.1) is 0 Å². The summed E-state index contributed by atoms with van der Waals surface area (Å²) in [6, 6.07) is 7.92. The molecule has 0 bridgehead atoms. The summed E-state index contributed by atoms with van der Waals surface area (Å²) in [5, 5.41) is 0.876. The number of ether oxygens (including phenoxy) is 1. The molecule has 4 N–H and O–H groups in total. The quantitative estimate of drug-likeness (QED) is 0.341. The molecule has 1 aromatic carbocycles. The molecule has 3 rings (SSSR count). The van der Waals surface area contributed by atoms with Crippen LogP contribution in [0.2, 0.25) is 0 Å². The Morgan fingerprint density at radius 3 is 3.15 bits per heavy atom. The predicted molar refractivity (Wildman–Crippen MR) is 77.0 cm³/mol. The van der Waals surface area contributed by atoms with Crippen molar-refractivity contribution in [2.45, 2.75) is 30.2 Å². The average molecular weight is 292 g/mol. The smallest absolute Gasteiger partial charge is 0.263 e. The number of carbonyl (C=O) groups is 1. The number of aromatic nitrogens is 2. The molecule has 2 heterocycles. The van der Waals surface area contributed by atoms with E-state index >= 15 is 0 Å². The number of H-pyrrole nitrogens is 1. The molecule has 0 saturated carbocycles. The molecule has 1 aliphatic rings. The first kappa shape index (κ1) is 13.4. The molecule has 6 nitrogen and oxygen atoms in total. The van der Waals surface area contributed by atoms with Crippen LogP contribution in [0.3, 0.4) is 0 Å². The summed E-state index contributed by atoms with van der Waals surface area (Å²) in [7, 11) is 0. The Labute approximate surface area is 120 Å². The first-order valence-corrected chi connectivity index (χ1v) is 7.48. The summed E-state index contributed by atoms with van der Waals surface area (Å²) >= 11 is 1.61. The SMILES string of the molecule is NNC(=O)C1CCC(CSc2nc3ccccc3[nH]2)O1. The number of thioether (sulfide) groups is 1. The maximum Gasteiger partial charge on any atom is 0.263 e. The molecule has 2 unspecified atom stereocenters. The minimum absolute atomic E-state index is 0.0653. The summed E-state index contributed by atoms with van der Waals surface area (Å²) < 4.78 is 5.66. The number of amides is 1. The molecule has 2 atom stereocenters. The maximum absolute atomic E-state index is 11.4. The van der Waals surface area contributed by atoms with Crippen molar-refractivity contribution in [2.75, 3.05) is 5.75 Å². The molecule has 1 saturated heterocycles. The van der Waals surface area contributed by atoms with E-state index in [-0.39, 0.29) is 12.0 Å². The molecule has 0 aliphatic carbocycles. The van der Waals surface area contributed by atoms with Crippen LogP contribution in [-0.4, -0.2) is 33.8 Å². The van der Waals surface area contributed by atoms with Crippen LogP contribution < -0.4 is 11.3 Å². The highest BCUT2D eigenvalue weighted by Gasteiger charge is 2.30. The van der Waals surface area contributed by atoms with Gasteiger partial charge in [-0.2, -0.15) is 0 Å². The van der Waals surface area contributed by atoms with E-state index in [2.05, 4.69) is 15.4 Å². The molecule has 20 heavy (non-hydrogen) atoms. The van der Waals surface area contributed by atoms with Gasteiger partial charge in [0, 0.05) is 5.75 Å². The second-order valence-corrected chi connectivity index (χ2v) is 5.71. The number of carbonyl (C=O) groups excluding carboxylic acids is 1. The van der Waals surface area contributed by atoms with Gasteiger partial charge >= 0.3 is 0 Å². The number of para-hydroxylation sites is 2. The third-order valence-corrected chi connectivity index (χ3v) is 4.32. The van der Waals surface area contributed by atoms with Gasteiger partial charge in [-0.05, 0) is 25.0 Å². The number of hydrogen-bond donors (Lipinski definition) is 3. The van der Waals surface area contributed by atoms with Crippen molar-refractivity contribution < 1.29 is 9.53 Å². The molecule has 1 aromatic heterocycles. The largest absolute Gasteiger partial charge is 0.364 e. The number of imidazole rings is 1. The van der Waals surface area contributed by atoms with E-state index < -0.39 is 6.10 Å². The lowest BCUT2D eigenvalue weighted by Gasteiger charge is -2.11. The zero-order valence-electron chi connectivity index (χ0n) is 10.8. The fraction of sp³-hybridized carbons (Fsp3) is 0.385. The topological polar surface area (TPSA) is 93.0 Å². The van der Waals surface area contributed by atoms with Gasteiger partial charge in [-0.3, -0.25) is 10.2 Å². The number of nitrogens with two attached hydrogens (primary N) is 1. The Hall–Kier alpha value is -1.57. The highest BCUT2D eigenvalue weighted by molar-refractivity contribution is 7.99. The first-order chi connectivity index (χ1) is 9.76. The van der Waals surface area contributed by atoms with Gasteiger partial charge in [0.1, 0.15) is 6.10 Å². The van der Waals surface area contributed by atoms with Crippen molar-refractivity contribution in [3.05, 3.63) is 24.3 Å². The van der Waals surface area contributed by atoms with Crippen LogP contribution in [0.25, 0.3) is 11.0 Å². The third kappa shape index (κ3) is 2.79. The molecule has 0 spiro atoms. The Morgan fingerprint density at radius 1 is 1.50 bits per heavy atom. The van der Waals surface area contributed by atoms with Crippen LogP contribution in [-0.2, 0) is 9.53 Å². The van der Waals surface area contributed by atoms with E-state index in [1.807, 2.05) is 24.3 Å². The molecular formula is C13H16N4O2S. The minimum atomic E-state index is -0.415. The lowest BCUT2D eigenvalue weighted by molar-refractivity contribution is -0.131. The fourth-order valence-corrected chi connectivity index (χ4v) is 3.22. The highest BCUT2D eigenvalue weighted by Crippen LogP contribution is 2.26. The molecule has 1 amide bonds. The van der Waals surface area contributed by atoms with Gasteiger partial charge in [0.15, 0.2) is 5.16 Å². The van der Waals surface area contributed by atoms with Crippen molar-refractivity contribution in [1.82, 2.24) is 15.4 Å². The van der Waals surface area contributed by atoms with E-state index in [4.69, 9.17) is 10.6 Å². The number of hydrazine groups is 1. The van der Waals surface area contributed by atoms with Gasteiger partial charge in [-0.1, -0.05) is 23.9 Å². The van der Waals surface area contributed by atoms with Crippen LogP contribution in [0.1, 0.15) is 12.8 Å². The summed E-state index contributed by atoms with van der Waals surface area (Å²) in [4.78, 5) is 19.1. The molecule has 106 valence electrons. The standard InChI is InChI=1S/C13H16N4O2S/c14-17-12(18)11-6-5-8(19-11)7-20-13-15-9-3-1-2-4-10(9)16-13/h1-4,8,11H,5-7,14H2,(H,15,16)(H,17,18). The van der Waals surface area contributed by atoms with Crippen molar-refractivity contribution in [1.29, 1.82) is 0 Å². The normalized spacial score (nSPS) is 22.2. The number of nitrogens with zero attached hydrogens (tertiary/aromatic N) is 1. The number of nitrogens with one attached hydrogen (secondary N) is 2. The molecule has 2 aromatic rings. The van der Waals surface area contributed by atoms with Gasteiger partial charge in [0.2, 0.25) is 0 Å². The first-order valence-electron chi connectivity index (χ1n) is 6.49. The second-order valence-electron chi connectivity index (χ2n) is 4.70. The average Bonchev–Trinajstić information content (AvgIpc) is 3.10. The zero-order valence-corrected chi connectivity index (χ0v) is 11.7. The lowest BCUT2D eigenvalue weighted by atomic mass is 10.2. The van der Waals surface area contributed by atoms with Gasteiger partial charge in [0.05, 0.1) is 17.1 Å². The van der Waals surface area contributed by atoms with Gasteiger partial charge in [-0.25, -0.2) is 10.8 Å². The fourth-order valence-electron chi connectivity index (χ4n) is 2.28. The molecule has 7 heteroatoms. The summed E-state index contributed by atoms with van der Waals surface area (Å²) in [5.41, 5.74) is 4.12. The Bertz CT molecular complexity index is 582. The summed E-state index contributed by atoms with van der Waals surface area (Å²) in [6.45, 7) is 0. The Kier molecular flexibility index (Phi) is 3.90. The van der Waals surface area contributed by atoms with Gasteiger partial charge in [-0.15, -0.1) is 0 Å². The van der Waals surface area contributed by atoms with Crippen LogP contribution in [0.4, 0.5) is 0 Å². The van der Waals surface area contributed by atoms with Gasteiger partial charge in [0.25, 0.3) is 5.91 Å². The minimum Gasteiger partial charge on any atom is -0.364 e. The van der Waals surface area contributed by atoms with Crippen molar-refractivity contribution >= 4 is 28.7 Å². The second kappa shape index (κ2) is 5.82. The van der Waals surface area contributed by atoms with Crippen molar-refractivity contribution in [3.8, 4) is 0 Å². The molecule has 0 radical (unpaired) electrons. The monoisotopic (exact) mass is 292 g/mol. The number of hydrogen-bond acceptors (Lipinski definition) is 5. The van der Waals surface area contributed by atoms with Crippen LogP contribution in [0.15, 0.2) is 29.4 Å². The van der Waals surface area contributed by atoms with Crippen molar-refractivity contribution in [2.24, 2.45) is 5.84 Å². The third-order valence-electron chi connectivity index (χ3n) is 3.32. The van der Waals surface area contributed by atoms with E-state index in [0.717, 1.165) is 28.4 Å². The van der Waals surface area contributed by atoms with E-state index in [9.17, 15) is 4.79 Å². The van der Waals surface area contributed by atoms with E-state index in [0.29, 0.717) is 6.42 Å². The van der Waals surface area contributed by atoms with Crippen LogP contribution in [0.5, 0.6) is 0 Å². The maximum atomic E-state index is 11.4. The number of fused-ring (bicyclic) bond motifs is 1. The molecule has 1 aliphatic heterocycles. The number of benzene rings is 1. The number of rotatable bonds is 4. The predicted octanol–water partition coefficient (Wildman–Crippen LogP) is 1.19. The molecule has 1 fully saturated rings. The summed E-state index contributed by atoms with van der Waals surface area (Å²) in [6.07, 6.45) is 1.23. The highest BCUT2D eigenvalue weighted by atomic mass is 32.2. The van der Waals surface area contributed by atoms with Gasteiger partial charge < -0.3 is 9.72 Å². The Morgan fingerprint density at radius 2 is 2.35 bits per heavy atom. The van der Waals surface area contributed by atoms with E-state index in [1.165, 1.54) is 0 Å². The van der Waals surface area contributed by atoms with Crippen molar-refractivity contribution in [3.63, 3.8) is 0 Å². The number of aromatic amines is 1.